The van der Waals surface area contributed by atoms with Crippen molar-refractivity contribution in [3.05, 3.63) is 69.3 Å². The quantitative estimate of drug-likeness (QED) is 0.470. The predicted molar refractivity (Wildman–Crippen MR) is 124 cm³/mol. The van der Waals surface area contributed by atoms with Crippen molar-refractivity contribution in [3.8, 4) is 0 Å². The molecule has 1 saturated carbocycles. The summed E-state index contributed by atoms with van der Waals surface area (Å²) in [6.07, 6.45) is -0.450. The molecule has 9 nitrogen and oxygen atoms in total. The molecule has 2 fully saturated rings. The summed E-state index contributed by atoms with van der Waals surface area (Å²) < 4.78 is 36.5. The van der Waals surface area contributed by atoms with Crippen molar-refractivity contribution in [2.75, 3.05) is 11.4 Å². The molecule has 182 valence electrons. The summed E-state index contributed by atoms with van der Waals surface area (Å²) in [6.45, 7) is 0.650. The first kappa shape index (κ1) is 23.1. The lowest BCUT2D eigenvalue weighted by Crippen LogP contribution is -2.33. The first-order valence-corrected chi connectivity index (χ1v) is 11.1. The van der Waals surface area contributed by atoms with Crippen molar-refractivity contribution in [1.29, 1.82) is 5.41 Å². The fraction of sp³-hybridized carbons (Fsp3) is 0.333. The molecule has 11 heteroatoms. The summed E-state index contributed by atoms with van der Waals surface area (Å²) in [6, 6.07) is 7.79. The van der Waals surface area contributed by atoms with Gasteiger partial charge in [-0.15, -0.1) is 0 Å². The van der Waals surface area contributed by atoms with Crippen molar-refractivity contribution in [3.63, 3.8) is 0 Å². The molecular weight excluding hydrogens is 460 g/mol. The van der Waals surface area contributed by atoms with Gasteiger partial charge in [-0.05, 0) is 17.2 Å². The fourth-order valence-corrected chi connectivity index (χ4v) is 4.38. The smallest absolute Gasteiger partial charge is 0.341 e. The number of alkyl halides is 1. The molecule has 3 aromatic rings. The number of anilines is 1. The topological polar surface area (TPSA) is 135 Å². The fourth-order valence-electron chi connectivity index (χ4n) is 4.38. The van der Waals surface area contributed by atoms with Crippen LogP contribution in [-0.2, 0) is 17.9 Å². The first-order valence-electron chi connectivity index (χ1n) is 11.1. The minimum atomic E-state index is -1.48. The third kappa shape index (κ3) is 4.28. The van der Waals surface area contributed by atoms with Crippen LogP contribution in [0.25, 0.3) is 11.0 Å². The number of carboxylic acids is 1. The molecule has 5 rings (SSSR count). The van der Waals surface area contributed by atoms with Gasteiger partial charge in [0.2, 0.25) is 5.43 Å². The second kappa shape index (κ2) is 8.82. The minimum absolute atomic E-state index is 0.00521. The summed E-state index contributed by atoms with van der Waals surface area (Å²) in [4.78, 5) is 30.1. The second-order valence-electron chi connectivity index (χ2n) is 8.79. The van der Waals surface area contributed by atoms with Gasteiger partial charge >= 0.3 is 5.97 Å². The van der Waals surface area contributed by atoms with Crippen molar-refractivity contribution in [2.24, 2.45) is 5.73 Å². The van der Waals surface area contributed by atoms with E-state index in [9.17, 15) is 19.1 Å². The molecule has 2 aliphatic rings. The van der Waals surface area contributed by atoms with Crippen molar-refractivity contribution in [2.45, 2.75) is 44.4 Å². The Morgan fingerprint density at radius 1 is 1.31 bits per heavy atom. The number of fused-ring (bicyclic) bond motifs is 1. The van der Waals surface area contributed by atoms with E-state index in [1.807, 2.05) is 24.3 Å². The zero-order valence-corrected chi connectivity index (χ0v) is 18.6. The molecule has 1 aliphatic carbocycles. The maximum Gasteiger partial charge on any atom is 0.341 e. The highest BCUT2D eigenvalue weighted by Gasteiger charge is 2.41. The van der Waals surface area contributed by atoms with E-state index in [4.69, 9.17) is 15.9 Å². The van der Waals surface area contributed by atoms with Gasteiger partial charge in [0.1, 0.15) is 23.6 Å². The number of nitrogens with zero attached hydrogens (tertiary/aromatic N) is 3. The van der Waals surface area contributed by atoms with Gasteiger partial charge in [-0.25, -0.2) is 18.6 Å². The number of carboxylic acid groups (broad SMARTS) is 1. The molecular formula is C24H23F2N5O4. The van der Waals surface area contributed by atoms with Gasteiger partial charge in [-0.3, -0.25) is 4.79 Å². The zero-order valence-electron chi connectivity index (χ0n) is 18.6. The van der Waals surface area contributed by atoms with E-state index in [-0.39, 0.29) is 42.8 Å². The van der Waals surface area contributed by atoms with Gasteiger partial charge in [0.05, 0.1) is 24.6 Å². The summed E-state index contributed by atoms with van der Waals surface area (Å²) in [7, 11) is 0. The number of pyridine rings is 2. The van der Waals surface area contributed by atoms with Crippen molar-refractivity contribution in [1.82, 2.24) is 9.55 Å². The first-order chi connectivity index (χ1) is 16.8. The van der Waals surface area contributed by atoms with E-state index >= 15 is 4.39 Å². The Kier molecular flexibility index (Phi) is 5.81. The number of nitrogens with one attached hydrogen (secondary N) is 1. The molecule has 0 radical (unpaired) electrons. The molecule has 1 aromatic carbocycles. The van der Waals surface area contributed by atoms with Crippen LogP contribution in [0.3, 0.4) is 0 Å². The lowest BCUT2D eigenvalue weighted by atomic mass is 10.1. The number of aromatic carboxylic acids is 1. The molecule has 1 aliphatic heterocycles. The number of rotatable bonds is 7. The van der Waals surface area contributed by atoms with Crippen molar-refractivity contribution < 1.29 is 23.4 Å². The van der Waals surface area contributed by atoms with Crippen LogP contribution in [0.1, 0.15) is 40.4 Å². The Bertz CT molecular complexity index is 1410. The van der Waals surface area contributed by atoms with Crippen LogP contribution in [0, 0.1) is 11.2 Å². The van der Waals surface area contributed by atoms with E-state index in [0.29, 0.717) is 12.3 Å². The van der Waals surface area contributed by atoms with Gasteiger partial charge in [0.15, 0.2) is 11.6 Å². The van der Waals surface area contributed by atoms with E-state index in [1.54, 1.807) is 0 Å². The predicted octanol–water partition coefficient (Wildman–Crippen LogP) is 2.75. The highest BCUT2D eigenvalue weighted by atomic mass is 19.1. The Balaban J connectivity index is 1.53. The third-order valence-corrected chi connectivity index (χ3v) is 6.28. The van der Waals surface area contributed by atoms with E-state index in [1.165, 1.54) is 9.47 Å². The maximum absolute atomic E-state index is 15.3. The molecule has 1 saturated heterocycles. The van der Waals surface area contributed by atoms with Gasteiger partial charge in [0.25, 0.3) is 0 Å². The zero-order chi connectivity index (χ0) is 24.9. The van der Waals surface area contributed by atoms with Crippen LogP contribution in [0.2, 0.25) is 0 Å². The highest BCUT2D eigenvalue weighted by molar-refractivity contribution is 5.93. The molecule has 0 bridgehead atoms. The van der Waals surface area contributed by atoms with Crippen LogP contribution in [0.5, 0.6) is 0 Å². The molecule has 4 N–H and O–H groups in total. The van der Waals surface area contributed by atoms with Gasteiger partial charge < -0.3 is 30.5 Å². The van der Waals surface area contributed by atoms with E-state index in [2.05, 4.69) is 4.98 Å². The lowest BCUT2D eigenvalue weighted by Gasteiger charge is -2.26. The number of benzene rings is 1. The monoisotopic (exact) mass is 483 g/mol. The Hall–Kier alpha value is -3.70. The van der Waals surface area contributed by atoms with Crippen LogP contribution in [-0.4, -0.2) is 45.3 Å². The second-order valence-corrected chi connectivity index (χ2v) is 8.79. The minimum Gasteiger partial charge on any atom is -0.477 e. The Morgan fingerprint density at radius 3 is 2.74 bits per heavy atom. The lowest BCUT2D eigenvalue weighted by molar-refractivity contribution is 0.0506. The molecule has 3 heterocycles. The van der Waals surface area contributed by atoms with Crippen molar-refractivity contribution >= 4 is 28.5 Å². The Morgan fingerprint density at radius 2 is 2.06 bits per heavy atom. The summed E-state index contributed by atoms with van der Waals surface area (Å²) >= 11 is 0. The van der Waals surface area contributed by atoms with E-state index < -0.39 is 41.2 Å². The number of hydrogen-bond acceptors (Lipinski definition) is 7. The molecule has 0 spiro atoms. The van der Waals surface area contributed by atoms with Crippen LogP contribution >= 0.6 is 0 Å². The number of hydrogen-bond donors (Lipinski definition) is 3. The molecule has 2 aromatic heterocycles. The molecule has 0 amide bonds. The SMILES string of the molecule is N=C1CC(OCc2cccc(CN)c2)N(c2nc3c(cc2F)c(=O)c(C(=O)O)cn3[C@@H]2C[C@@H]2F)C1. The van der Waals surface area contributed by atoms with Gasteiger partial charge in [-0.1, -0.05) is 24.3 Å². The Labute approximate surface area is 198 Å². The summed E-state index contributed by atoms with van der Waals surface area (Å²) in [5, 5.41) is 17.3. The van der Waals surface area contributed by atoms with Crippen LogP contribution in [0.15, 0.2) is 41.3 Å². The number of aromatic nitrogens is 2. The number of ether oxygens (including phenoxy) is 1. The van der Waals surface area contributed by atoms with Crippen LogP contribution < -0.4 is 16.1 Å². The largest absolute Gasteiger partial charge is 0.477 e. The van der Waals surface area contributed by atoms with Crippen LogP contribution in [0.4, 0.5) is 14.6 Å². The summed E-state index contributed by atoms with van der Waals surface area (Å²) in [5.74, 6) is -2.48. The molecule has 1 unspecified atom stereocenters. The van der Waals surface area contributed by atoms with Gasteiger partial charge in [-0.2, -0.15) is 0 Å². The molecule has 35 heavy (non-hydrogen) atoms. The third-order valence-electron chi connectivity index (χ3n) is 6.28. The average molecular weight is 483 g/mol. The number of halogens is 2. The number of carbonyl (C=O) groups is 1. The highest BCUT2D eigenvalue weighted by Crippen LogP contribution is 2.41. The molecule has 3 atom stereocenters. The number of nitrogens with two attached hydrogens (primary N) is 1. The van der Waals surface area contributed by atoms with Gasteiger partial charge in [0, 0.05) is 31.3 Å². The normalized spacial score (nSPS) is 21.6. The standard InChI is InChI=1S/C24H23F2N5O4/c25-17-7-19(17)30-10-16(24(33)34)21(32)15-6-18(26)23(29-22(15)30)31-9-14(28)5-20(31)35-11-13-3-1-2-12(4-13)8-27/h1-4,6,10,17,19-20,28H,5,7-9,11,27H2,(H,33,34)/t17-,19+,20?/m0/s1. The van der Waals surface area contributed by atoms with E-state index in [0.717, 1.165) is 23.4 Å². The summed E-state index contributed by atoms with van der Waals surface area (Å²) in [5.41, 5.74) is 6.35. The average Bonchev–Trinajstić information content (AvgIpc) is 3.44. The maximum atomic E-state index is 15.3.